The Labute approximate surface area is 332 Å². The van der Waals surface area contributed by atoms with E-state index in [0.717, 1.165) is 68.9 Å². The first-order valence-corrected chi connectivity index (χ1v) is 21.4. The minimum absolute atomic E-state index is 0.0460. The van der Waals surface area contributed by atoms with Gasteiger partial charge in [-0.25, -0.2) is 0 Å². The van der Waals surface area contributed by atoms with Gasteiger partial charge in [0.05, 0.1) is 0 Å². The average Bonchev–Trinajstić information content (AvgIpc) is 3.11. The zero-order valence-electron chi connectivity index (χ0n) is 37.8. The van der Waals surface area contributed by atoms with Gasteiger partial charge in [0.25, 0.3) is 0 Å². The smallest absolute Gasteiger partial charge is 0.321 e. The molecule has 4 heteroatoms. The topological polar surface area (TPSA) is 32.8 Å². The van der Waals surface area contributed by atoms with Crippen molar-refractivity contribution in [1.82, 2.24) is 9.80 Å². The van der Waals surface area contributed by atoms with Crippen LogP contribution >= 0.6 is 0 Å². The molecule has 4 nitrogen and oxygen atoms in total. The molecule has 0 aliphatic carbocycles. The Kier molecular flexibility index (Phi) is 13.0. The summed E-state index contributed by atoms with van der Waals surface area (Å²) in [5.74, 6) is 0.272. The maximum Gasteiger partial charge on any atom is 0.321 e. The van der Waals surface area contributed by atoms with Crippen molar-refractivity contribution in [3.8, 4) is 0 Å². The molecule has 0 amide bonds. The number of rotatable bonds is 12. The predicted molar refractivity (Wildman–Crippen MR) is 232 cm³/mol. The Hall–Kier alpha value is -2.43. The Bertz CT molecular complexity index is 1480. The molecule has 2 aromatic rings. The Morgan fingerprint density at radius 1 is 0.685 bits per heavy atom. The van der Waals surface area contributed by atoms with Gasteiger partial charge in [0, 0.05) is 35.0 Å². The Morgan fingerprint density at radius 2 is 1.09 bits per heavy atom. The van der Waals surface area contributed by atoms with Crippen molar-refractivity contribution < 1.29 is 9.53 Å². The summed E-state index contributed by atoms with van der Waals surface area (Å²) in [7, 11) is 4.60. The van der Waals surface area contributed by atoms with Gasteiger partial charge in [0.1, 0.15) is 11.5 Å². The number of hydrogen-bond acceptors (Lipinski definition) is 4. The highest BCUT2D eigenvalue weighted by atomic mass is 16.5. The third-order valence-electron chi connectivity index (χ3n) is 15.3. The van der Waals surface area contributed by atoms with E-state index in [1.54, 1.807) is 0 Å². The molecule has 2 aromatic carbocycles. The molecule has 302 valence electrons. The zero-order valence-corrected chi connectivity index (χ0v) is 37.8. The second kappa shape index (κ2) is 15.8. The second-order valence-corrected chi connectivity index (χ2v) is 20.9. The lowest BCUT2D eigenvalue weighted by Gasteiger charge is -2.57. The van der Waals surface area contributed by atoms with E-state index in [1.165, 1.54) is 16.7 Å². The van der Waals surface area contributed by atoms with Crippen LogP contribution in [0.3, 0.4) is 0 Å². The van der Waals surface area contributed by atoms with Crippen LogP contribution in [-0.4, -0.2) is 58.1 Å². The number of benzene rings is 2. The van der Waals surface area contributed by atoms with Gasteiger partial charge in [-0.3, -0.25) is 14.6 Å². The van der Waals surface area contributed by atoms with E-state index in [2.05, 4.69) is 169 Å². The van der Waals surface area contributed by atoms with Gasteiger partial charge in [-0.05, 0) is 132 Å². The lowest BCUT2D eigenvalue weighted by Crippen LogP contribution is -2.63. The molecule has 2 aliphatic rings. The van der Waals surface area contributed by atoms with E-state index in [0.29, 0.717) is 12.3 Å². The molecule has 2 aliphatic heterocycles. The molecule has 4 rings (SSSR count). The number of piperidine rings is 2. The normalized spacial score (nSPS) is 31.2. The fourth-order valence-corrected chi connectivity index (χ4v) is 10.2. The van der Waals surface area contributed by atoms with Gasteiger partial charge >= 0.3 is 5.97 Å². The summed E-state index contributed by atoms with van der Waals surface area (Å²) in [6, 6.07) is 17.7. The van der Waals surface area contributed by atoms with Crippen molar-refractivity contribution in [2.75, 3.05) is 14.1 Å². The minimum atomic E-state index is -1.05. The van der Waals surface area contributed by atoms with Crippen LogP contribution in [0.2, 0.25) is 0 Å². The molecule has 2 fully saturated rings. The highest BCUT2D eigenvalue weighted by Gasteiger charge is 2.52. The molecule has 0 aromatic heterocycles. The molecule has 54 heavy (non-hydrogen) atoms. The van der Waals surface area contributed by atoms with Crippen LogP contribution in [0.15, 0.2) is 60.7 Å². The summed E-state index contributed by atoms with van der Waals surface area (Å²) in [5.41, 5.74) is 4.65. The maximum absolute atomic E-state index is 15.8. The number of hydrogen-bond donors (Lipinski definition) is 0. The molecule has 0 N–H and O–H groups in total. The highest BCUT2D eigenvalue weighted by molar-refractivity contribution is 5.88. The minimum Gasteiger partial charge on any atom is -0.461 e. The number of carbonyl (C=O) groups excluding carboxylic acids is 1. The third kappa shape index (κ3) is 8.61. The molecular formula is C50H80N2O2. The van der Waals surface area contributed by atoms with Gasteiger partial charge in [-0.2, -0.15) is 0 Å². The van der Waals surface area contributed by atoms with Crippen LogP contribution in [0.25, 0.3) is 0 Å². The second-order valence-electron chi connectivity index (χ2n) is 20.9. The van der Waals surface area contributed by atoms with Crippen LogP contribution in [-0.2, 0) is 32.2 Å². The number of ether oxygens (including phenoxy) is 1. The van der Waals surface area contributed by atoms with Crippen molar-refractivity contribution >= 4 is 5.97 Å². The summed E-state index contributed by atoms with van der Waals surface area (Å²) in [6.45, 7) is 37.6. The van der Waals surface area contributed by atoms with Crippen LogP contribution in [0, 0.1) is 5.92 Å². The van der Waals surface area contributed by atoms with Crippen molar-refractivity contribution in [2.24, 2.45) is 5.92 Å². The fourth-order valence-electron chi connectivity index (χ4n) is 10.2. The van der Waals surface area contributed by atoms with Crippen molar-refractivity contribution in [1.29, 1.82) is 0 Å². The van der Waals surface area contributed by atoms with E-state index in [-0.39, 0.29) is 45.1 Å². The fraction of sp³-hybridized carbons (Fsp3) is 0.700. The van der Waals surface area contributed by atoms with Gasteiger partial charge in [-0.1, -0.05) is 130 Å². The average molecular weight is 741 g/mol. The van der Waals surface area contributed by atoms with E-state index in [9.17, 15) is 0 Å². The SMILES string of the molecule is C=C(CC1CC(C)(CC)N(C)C(C)(CC)C1)C(Cc1cc(C(C)(C)C)cc(C(C)(C)C)c1)(C(=O)OC1CC(C)(CC)N(C)C(C)(CC)C1)c1ccccc1. The molecule has 0 radical (unpaired) electrons. The number of carbonyl (C=O) groups is 1. The van der Waals surface area contributed by atoms with Crippen LogP contribution in [0.5, 0.6) is 0 Å². The van der Waals surface area contributed by atoms with Crippen LogP contribution < -0.4 is 0 Å². The largest absolute Gasteiger partial charge is 0.461 e. The molecule has 0 saturated carbocycles. The van der Waals surface area contributed by atoms with Crippen molar-refractivity contribution in [3.63, 3.8) is 0 Å². The monoisotopic (exact) mass is 741 g/mol. The summed E-state index contributed by atoms with van der Waals surface area (Å²) >= 11 is 0. The van der Waals surface area contributed by atoms with Gasteiger partial charge in [-0.15, -0.1) is 0 Å². The van der Waals surface area contributed by atoms with E-state index < -0.39 is 5.41 Å². The van der Waals surface area contributed by atoms with Crippen LogP contribution in [0.4, 0.5) is 0 Å². The third-order valence-corrected chi connectivity index (χ3v) is 15.3. The maximum atomic E-state index is 15.8. The van der Waals surface area contributed by atoms with Gasteiger partial charge < -0.3 is 4.74 Å². The van der Waals surface area contributed by atoms with Gasteiger partial charge in [0.15, 0.2) is 0 Å². The quantitative estimate of drug-likeness (QED) is 0.160. The lowest BCUT2D eigenvalue weighted by molar-refractivity contribution is -0.166. The zero-order chi connectivity index (χ0) is 40.7. The summed E-state index contributed by atoms with van der Waals surface area (Å²) in [6.07, 6.45) is 9.13. The van der Waals surface area contributed by atoms with E-state index >= 15 is 4.79 Å². The molecule has 2 saturated heterocycles. The highest BCUT2D eigenvalue weighted by Crippen LogP contribution is 2.50. The van der Waals surface area contributed by atoms with Crippen molar-refractivity contribution in [3.05, 3.63) is 82.9 Å². The van der Waals surface area contributed by atoms with Gasteiger partial charge in [0.2, 0.25) is 0 Å². The van der Waals surface area contributed by atoms with Crippen LogP contribution in [0.1, 0.15) is 177 Å². The van der Waals surface area contributed by atoms with E-state index in [4.69, 9.17) is 11.3 Å². The molecule has 5 atom stereocenters. The number of nitrogens with zero attached hydrogens (tertiary/aromatic N) is 2. The predicted octanol–water partition coefficient (Wildman–Crippen LogP) is 12.4. The lowest BCUT2D eigenvalue weighted by atomic mass is 9.63. The first-order valence-electron chi connectivity index (χ1n) is 21.4. The number of esters is 1. The molecule has 0 bridgehead atoms. The Morgan fingerprint density at radius 3 is 1.48 bits per heavy atom. The molecule has 5 unspecified atom stereocenters. The summed E-state index contributed by atoms with van der Waals surface area (Å²) in [5, 5.41) is 0. The standard InChI is InChI=1S/C50H80N2O2/c1-18-46(12)31-38(32-47(13,19-2)51(46)16)27-36(5)50(39-25-23-22-24-26-39,33-37-28-40(44(6,7)8)30-41(29-37)45(9,10)11)43(53)54-42-34-48(14,20-3)52(17)49(15,21-4)35-42/h22-26,28-30,38,42H,5,18-21,27,31-35H2,1-4,6-17H3. The molecule has 2 heterocycles. The van der Waals surface area contributed by atoms with Crippen molar-refractivity contribution in [2.45, 2.75) is 206 Å². The Balaban J connectivity index is 1.94. The molecular weight excluding hydrogens is 661 g/mol. The molecule has 0 spiro atoms. The number of likely N-dealkylation sites (tertiary alicyclic amines) is 2. The van der Waals surface area contributed by atoms with E-state index in [1.807, 2.05) is 0 Å². The summed E-state index contributed by atoms with van der Waals surface area (Å²) in [4.78, 5) is 21.0. The first-order chi connectivity index (χ1) is 24.9. The first kappa shape index (κ1) is 44.3. The summed E-state index contributed by atoms with van der Waals surface area (Å²) < 4.78 is 7.04.